The van der Waals surface area contributed by atoms with Crippen molar-refractivity contribution < 1.29 is 28.8 Å². The Labute approximate surface area is 228 Å². The first-order chi connectivity index (χ1) is 18.4. The van der Waals surface area contributed by atoms with E-state index in [9.17, 15) is 19.2 Å². The SMILES string of the molecule is CN1CCN(C(=O)N2CCOCC2)CC1C(=O)N(C=O)OC(=O)N1CCC(CCc2ccc(Cl)cc2)CC1. The summed E-state index contributed by atoms with van der Waals surface area (Å²) in [6, 6.07) is 6.88. The normalized spacial score (nSPS) is 21.2. The number of carbonyl (C=O) groups excluding carboxylic acids is 4. The molecule has 38 heavy (non-hydrogen) atoms. The van der Waals surface area contributed by atoms with Crippen LogP contribution in [0.3, 0.4) is 0 Å². The molecule has 1 atom stereocenters. The molecule has 5 amide bonds. The van der Waals surface area contributed by atoms with E-state index in [4.69, 9.17) is 21.2 Å². The van der Waals surface area contributed by atoms with Crippen molar-refractivity contribution in [3.63, 3.8) is 0 Å². The molecule has 3 saturated heterocycles. The average molecular weight is 550 g/mol. The number of amides is 5. The minimum atomic E-state index is -0.801. The van der Waals surface area contributed by atoms with Crippen molar-refractivity contribution in [1.29, 1.82) is 0 Å². The Morgan fingerprint density at radius 3 is 2.34 bits per heavy atom. The number of nitrogens with zero attached hydrogens (tertiary/aromatic N) is 5. The maximum absolute atomic E-state index is 13.2. The van der Waals surface area contributed by atoms with Gasteiger partial charge in [-0.15, -0.1) is 5.06 Å². The summed E-state index contributed by atoms with van der Waals surface area (Å²) in [5, 5.41) is 1.19. The number of aryl methyl sites for hydroxylation is 1. The molecule has 208 valence electrons. The highest BCUT2D eigenvalue weighted by Gasteiger charge is 2.38. The predicted octanol–water partition coefficient (Wildman–Crippen LogP) is 2.09. The van der Waals surface area contributed by atoms with Gasteiger partial charge in [0.1, 0.15) is 6.04 Å². The lowest BCUT2D eigenvalue weighted by Crippen LogP contribution is -2.61. The van der Waals surface area contributed by atoms with Crippen LogP contribution in [0.4, 0.5) is 9.59 Å². The quantitative estimate of drug-likeness (QED) is 0.409. The molecule has 3 heterocycles. The van der Waals surface area contributed by atoms with Crippen LogP contribution < -0.4 is 0 Å². The van der Waals surface area contributed by atoms with E-state index in [0.29, 0.717) is 63.5 Å². The van der Waals surface area contributed by atoms with Gasteiger partial charge in [-0.3, -0.25) is 14.5 Å². The van der Waals surface area contributed by atoms with E-state index in [1.165, 1.54) is 10.5 Å². The van der Waals surface area contributed by atoms with Gasteiger partial charge < -0.3 is 24.3 Å². The Bertz CT molecular complexity index is 981. The predicted molar refractivity (Wildman–Crippen MR) is 139 cm³/mol. The first kappa shape index (κ1) is 28.1. The molecular formula is C26H36ClN5O6. The van der Waals surface area contributed by atoms with Crippen LogP contribution in [0.5, 0.6) is 0 Å². The van der Waals surface area contributed by atoms with Gasteiger partial charge in [-0.2, -0.15) is 0 Å². The van der Waals surface area contributed by atoms with Gasteiger partial charge in [-0.1, -0.05) is 23.7 Å². The molecule has 4 rings (SSSR count). The Balaban J connectivity index is 1.25. The van der Waals surface area contributed by atoms with Crippen LogP contribution in [-0.4, -0.2) is 121 Å². The van der Waals surface area contributed by atoms with Crippen molar-refractivity contribution in [2.45, 2.75) is 31.7 Å². The molecule has 0 N–H and O–H groups in total. The summed E-state index contributed by atoms with van der Waals surface area (Å²) in [6.45, 7) is 3.98. The Morgan fingerprint density at radius 1 is 1.00 bits per heavy atom. The van der Waals surface area contributed by atoms with E-state index >= 15 is 0 Å². The molecular weight excluding hydrogens is 514 g/mol. The molecule has 0 aliphatic carbocycles. The monoisotopic (exact) mass is 549 g/mol. The van der Waals surface area contributed by atoms with Crippen LogP contribution in [0.2, 0.25) is 5.02 Å². The molecule has 0 radical (unpaired) electrons. The average Bonchev–Trinajstić information content (AvgIpc) is 2.95. The zero-order chi connectivity index (χ0) is 27.1. The summed E-state index contributed by atoms with van der Waals surface area (Å²) >= 11 is 5.95. The molecule has 3 fully saturated rings. The van der Waals surface area contributed by atoms with Gasteiger partial charge in [0, 0.05) is 50.8 Å². The van der Waals surface area contributed by atoms with E-state index in [1.54, 1.807) is 21.7 Å². The fourth-order valence-electron chi connectivity index (χ4n) is 5.10. The van der Waals surface area contributed by atoms with Crippen molar-refractivity contribution in [2.24, 2.45) is 5.92 Å². The zero-order valence-electron chi connectivity index (χ0n) is 21.8. The van der Waals surface area contributed by atoms with Gasteiger partial charge in [-0.25, -0.2) is 9.59 Å². The number of halogens is 1. The lowest BCUT2D eigenvalue weighted by atomic mass is 9.91. The number of carbonyl (C=O) groups is 4. The second-order valence-corrected chi connectivity index (χ2v) is 10.5. The van der Waals surface area contributed by atoms with Crippen molar-refractivity contribution in [3.05, 3.63) is 34.9 Å². The number of imide groups is 1. The standard InChI is InChI=1S/C26H36ClN5O6/c1-28-12-13-31(25(35)29-14-16-37-17-15-29)18-23(28)24(34)32(19-33)38-26(36)30-10-8-21(9-11-30)3-2-20-4-6-22(27)7-5-20/h4-7,19,21,23H,2-3,8-18H2,1H3. The number of hydroxylamine groups is 2. The third-order valence-corrected chi connectivity index (χ3v) is 7.85. The number of hydrogen-bond acceptors (Lipinski definition) is 7. The van der Waals surface area contributed by atoms with Gasteiger partial charge >= 0.3 is 12.1 Å². The number of likely N-dealkylation sites (N-methyl/N-ethyl adjacent to an activating group) is 1. The smallest absolute Gasteiger partial charge is 0.378 e. The van der Waals surface area contributed by atoms with Gasteiger partial charge in [0.05, 0.1) is 13.2 Å². The van der Waals surface area contributed by atoms with Crippen LogP contribution in [0.15, 0.2) is 24.3 Å². The number of ether oxygens (including phenoxy) is 1. The number of rotatable bonds is 5. The molecule has 0 aromatic heterocycles. The van der Waals surface area contributed by atoms with Gasteiger partial charge in [-0.05, 0) is 56.3 Å². The van der Waals surface area contributed by atoms with E-state index in [-0.39, 0.29) is 19.0 Å². The van der Waals surface area contributed by atoms with Gasteiger partial charge in [0.25, 0.3) is 12.3 Å². The number of piperazine rings is 1. The van der Waals surface area contributed by atoms with Crippen LogP contribution in [0.1, 0.15) is 24.8 Å². The highest BCUT2D eigenvalue weighted by Crippen LogP contribution is 2.24. The number of urea groups is 1. The van der Waals surface area contributed by atoms with Gasteiger partial charge in [0.2, 0.25) is 0 Å². The van der Waals surface area contributed by atoms with Gasteiger partial charge in [0.15, 0.2) is 0 Å². The number of likely N-dealkylation sites (tertiary alicyclic amines) is 1. The summed E-state index contributed by atoms with van der Waals surface area (Å²) in [5.74, 6) is -0.197. The molecule has 11 nitrogen and oxygen atoms in total. The third-order valence-electron chi connectivity index (χ3n) is 7.60. The highest BCUT2D eigenvalue weighted by atomic mass is 35.5. The van der Waals surface area contributed by atoms with Crippen molar-refractivity contribution in [1.82, 2.24) is 24.7 Å². The van der Waals surface area contributed by atoms with Crippen molar-refractivity contribution in [3.8, 4) is 0 Å². The fourth-order valence-corrected chi connectivity index (χ4v) is 5.23. The minimum absolute atomic E-state index is 0.104. The molecule has 0 bridgehead atoms. The van der Waals surface area contributed by atoms with Crippen molar-refractivity contribution >= 4 is 36.0 Å². The lowest BCUT2D eigenvalue weighted by molar-refractivity contribution is -0.178. The van der Waals surface area contributed by atoms with Crippen LogP contribution in [0.25, 0.3) is 0 Å². The Kier molecular flexibility index (Phi) is 9.81. The topological polar surface area (TPSA) is 103 Å². The van der Waals surface area contributed by atoms with Crippen LogP contribution >= 0.6 is 11.6 Å². The molecule has 1 aromatic rings. The van der Waals surface area contributed by atoms with E-state index in [2.05, 4.69) is 0 Å². The van der Waals surface area contributed by atoms with E-state index in [0.717, 1.165) is 30.7 Å². The lowest BCUT2D eigenvalue weighted by Gasteiger charge is -2.41. The second kappa shape index (κ2) is 13.3. The molecule has 0 saturated carbocycles. The third kappa shape index (κ3) is 7.15. The zero-order valence-corrected chi connectivity index (χ0v) is 22.6. The van der Waals surface area contributed by atoms with Crippen molar-refractivity contribution in [2.75, 3.05) is 66.1 Å². The summed E-state index contributed by atoms with van der Waals surface area (Å²) in [4.78, 5) is 62.4. The fraction of sp³-hybridized carbons (Fsp3) is 0.615. The summed E-state index contributed by atoms with van der Waals surface area (Å²) < 4.78 is 5.31. The van der Waals surface area contributed by atoms with Crippen LogP contribution in [-0.2, 0) is 25.6 Å². The molecule has 1 aromatic carbocycles. The highest BCUT2D eigenvalue weighted by molar-refractivity contribution is 6.30. The molecule has 1 unspecified atom stereocenters. The number of morpholine rings is 1. The first-order valence-corrected chi connectivity index (χ1v) is 13.5. The second-order valence-electron chi connectivity index (χ2n) is 10.0. The van der Waals surface area contributed by atoms with Crippen LogP contribution in [0, 0.1) is 5.92 Å². The Morgan fingerprint density at radius 2 is 1.68 bits per heavy atom. The largest absolute Gasteiger partial charge is 0.434 e. The maximum atomic E-state index is 13.2. The Hall–Kier alpha value is -2.89. The molecule has 12 heteroatoms. The molecule has 3 aliphatic heterocycles. The molecule has 0 spiro atoms. The van der Waals surface area contributed by atoms with E-state index < -0.39 is 18.0 Å². The molecule has 3 aliphatic rings. The minimum Gasteiger partial charge on any atom is -0.378 e. The summed E-state index contributed by atoms with van der Waals surface area (Å²) in [5.41, 5.74) is 1.23. The first-order valence-electron chi connectivity index (χ1n) is 13.2. The summed E-state index contributed by atoms with van der Waals surface area (Å²) in [6.07, 6.45) is 3.09. The number of piperidine rings is 1. The number of hydrogen-bond donors (Lipinski definition) is 0. The number of benzene rings is 1. The maximum Gasteiger partial charge on any atom is 0.434 e. The summed E-state index contributed by atoms with van der Waals surface area (Å²) in [7, 11) is 1.75. The van der Waals surface area contributed by atoms with E-state index in [1.807, 2.05) is 24.3 Å².